The minimum Gasteiger partial charge on any atom is -0.481 e. The third kappa shape index (κ3) is 2.30. The van der Waals surface area contributed by atoms with Gasteiger partial charge in [-0.15, -0.1) is 0 Å². The highest BCUT2D eigenvalue weighted by molar-refractivity contribution is 5.77. The lowest BCUT2D eigenvalue weighted by molar-refractivity contribution is -0.137. The minimum absolute atomic E-state index is 0.125. The Morgan fingerprint density at radius 2 is 2.29 bits per heavy atom. The van der Waals surface area contributed by atoms with Crippen LogP contribution in [0.15, 0.2) is 24.4 Å². The fourth-order valence-electron chi connectivity index (χ4n) is 2.03. The van der Waals surface area contributed by atoms with Crippen molar-refractivity contribution in [2.75, 3.05) is 0 Å². The lowest BCUT2D eigenvalue weighted by Gasteiger charge is -2.11. The van der Waals surface area contributed by atoms with Crippen molar-refractivity contribution in [2.24, 2.45) is 0 Å². The summed E-state index contributed by atoms with van der Waals surface area (Å²) >= 11 is 0. The molecular weight excluding hydrogens is 216 g/mol. The van der Waals surface area contributed by atoms with Gasteiger partial charge in [-0.2, -0.15) is 0 Å². The summed E-state index contributed by atoms with van der Waals surface area (Å²) in [6, 6.07) is 5.99. The molecule has 0 atom stereocenters. The van der Waals surface area contributed by atoms with Crippen LogP contribution >= 0.6 is 0 Å². The Kier molecular flexibility index (Phi) is 3.13. The van der Waals surface area contributed by atoms with Crippen LogP contribution in [0.2, 0.25) is 0 Å². The number of aromatic nitrogens is 2. The molecule has 4 heteroatoms. The molecule has 2 heterocycles. The van der Waals surface area contributed by atoms with E-state index in [1.54, 1.807) is 6.20 Å². The number of hydrogen-bond donors (Lipinski definition) is 1. The molecule has 0 unspecified atom stereocenters. The quantitative estimate of drug-likeness (QED) is 0.881. The molecule has 0 aliphatic heterocycles. The molecule has 2 aromatic heterocycles. The summed E-state index contributed by atoms with van der Waals surface area (Å²) in [7, 11) is 0. The Morgan fingerprint density at radius 3 is 2.94 bits per heavy atom. The first kappa shape index (κ1) is 11.6. The van der Waals surface area contributed by atoms with Gasteiger partial charge in [0.2, 0.25) is 0 Å². The lowest BCUT2D eigenvalue weighted by atomic mass is 10.1. The third-order valence-electron chi connectivity index (χ3n) is 2.83. The SMILES string of the molecule is CC(C)c1cc2cccnc2n1CCC(=O)O. The second-order valence-corrected chi connectivity index (χ2v) is 4.44. The van der Waals surface area contributed by atoms with E-state index in [1.165, 1.54) is 0 Å². The molecule has 0 saturated heterocycles. The van der Waals surface area contributed by atoms with E-state index in [9.17, 15) is 4.79 Å². The summed E-state index contributed by atoms with van der Waals surface area (Å²) in [6.07, 6.45) is 1.86. The Hall–Kier alpha value is -1.84. The number of hydrogen-bond acceptors (Lipinski definition) is 2. The molecule has 2 aromatic rings. The number of nitrogens with zero attached hydrogens (tertiary/aromatic N) is 2. The maximum atomic E-state index is 10.7. The average molecular weight is 232 g/mol. The van der Waals surface area contributed by atoms with Crippen molar-refractivity contribution in [3.05, 3.63) is 30.1 Å². The van der Waals surface area contributed by atoms with Crippen molar-refractivity contribution in [1.29, 1.82) is 0 Å². The zero-order chi connectivity index (χ0) is 12.4. The highest BCUT2D eigenvalue weighted by Crippen LogP contribution is 2.24. The van der Waals surface area contributed by atoms with Crippen LogP contribution in [0.4, 0.5) is 0 Å². The van der Waals surface area contributed by atoms with Gasteiger partial charge < -0.3 is 9.67 Å². The topological polar surface area (TPSA) is 55.1 Å². The minimum atomic E-state index is -0.780. The van der Waals surface area contributed by atoms with Crippen molar-refractivity contribution in [3.63, 3.8) is 0 Å². The number of aryl methyl sites for hydroxylation is 1. The molecule has 2 rings (SSSR count). The van der Waals surface area contributed by atoms with Crippen LogP contribution in [-0.2, 0) is 11.3 Å². The van der Waals surface area contributed by atoms with Gasteiger partial charge in [0.15, 0.2) is 0 Å². The molecule has 0 bridgehead atoms. The van der Waals surface area contributed by atoms with Crippen LogP contribution in [-0.4, -0.2) is 20.6 Å². The van der Waals surface area contributed by atoms with Crippen LogP contribution in [0.1, 0.15) is 31.9 Å². The van der Waals surface area contributed by atoms with E-state index in [4.69, 9.17) is 5.11 Å². The first-order chi connectivity index (χ1) is 8.09. The Bertz CT molecular complexity index is 543. The second kappa shape index (κ2) is 4.57. The molecule has 0 fully saturated rings. The van der Waals surface area contributed by atoms with Crippen LogP contribution in [0, 0.1) is 0 Å². The van der Waals surface area contributed by atoms with Crippen molar-refractivity contribution in [1.82, 2.24) is 9.55 Å². The standard InChI is InChI=1S/C13H16N2O2/c1-9(2)11-8-10-4-3-6-14-13(10)15(11)7-5-12(16)17/h3-4,6,8-9H,5,7H2,1-2H3,(H,16,17). The molecule has 0 aromatic carbocycles. The number of fused-ring (bicyclic) bond motifs is 1. The summed E-state index contributed by atoms with van der Waals surface area (Å²) in [4.78, 5) is 15.0. The van der Waals surface area contributed by atoms with E-state index in [0.29, 0.717) is 12.5 Å². The number of aliphatic carboxylic acids is 1. The van der Waals surface area contributed by atoms with Gasteiger partial charge in [0.05, 0.1) is 6.42 Å². The van der Waals surface area contributed by atoms with Gasteiger partial charge in [-0.1, -0.05) is 13.8 Å². The van der Waals surface area contributed by atoms with Crippen LogP contribution in [0.3, 0.4) is 0 Å². The van der Waals surface area contributed by atoms with E-state index in [1.807, 2.05) is 16.7 Å². The first-order valence-electron chi connectivity index (χ1n) is 5.75. The second-order valence-electron chi connectivity index (χ2n) is 4.44. The Morgan fingerprint density at radius 1 is 1.53 bits per heavy atom. The molecule has 0 spiro atoms. The normalized spacial score (nSPS) is 11.2. The summed E-state index contributed by atoms with van der Waals surface area (Å²) in [6.45, 7) is 4.68. The largest absolute Gasteiger partial charge is 0.481 e. The summed E-state index contributed by atoms with van der Waals surface area (Å²) in [5.74, 6) is -0.421. The van der Waals surface area contributed by atoms with Crippen LogP contribution < -0.4 is 0 Å². The lowest BCUT2D eigenvalue weighted by Crippen LogP contribution is -2.09. The molecule has 0 aliphatic carbocycles. The highest BCUT2D eigenvalue weighted by Gasteiger charge is 2.12. The van der Waals surface area contributed by atoms with Gasteiger partial charge in [-0.3, -0.25) is 4.79 Å². The van der Waals surface area contributed by atoms with Gasteiger partial charge >= 0.3 is 5.97 Å². The van der Waals surface area contributed by atoms with Crippen molar-refractivity contribution in [3.8, 4) is 0 Å². The van der Waals surface area contributed by atoms with Gasteiger partial charge in [-0.05, 0) is 24.1 Å². The zero-order valence-electron chi connectivity index (χ0n) is 10.1. The third-order valence-corrected chi connectivity index (χ3v) is 2.83. The van der Waals surface area contributed by atoms with Crippen molar-refractivity contribution < 1.29 is 9.90 Å². The molecule has 4 nitrogen and oxygen atoms in total. The summed E-state index contributed by atoms with van der Waals surface area (Å²) in [5.41, 5.74) is 2.01. The first-order valence-corrected chi connectivity index (χ1v) is 5.75. The predicted octanol–water partition coefficient (Wildman–Crippen LogP) is 2.63. The Balaban J connectivity index is 2.48. The van der Waals surface area contributed by atoms with Gasteiger partial charge in [0, 0.05) is 23.8 Å². The maximum absolute atomic E-state index is 10.7. The number of rotatable bonds is 4. The molecule has 0 radical (unpaired) electrons. The molecule has 17 heavy (non-hydrogen) atoms. The molecular formula is C13H16N2O2. The highest BCUT2D eigenvalue weighted by atomic mass is 16.4. The smallest absolute Gasteiger partial charge is 0.305 e. The van der Waals surface area contributed by atoms with E-state index in [0.717, 1.165) is 16.7 Å². The Labute approximate surface area is 99.9 Å². The van der Waals surface area contributed by atoms with Crippen LogP contribution in [0.25, 0.3) is 11.0 Å². The van der Waals surface area contributed by atoms with E-state index >= 15 is 0 Å². The molecule has 0 aliphatic rings. The maximum Gasteiger partial charge on any atom is 0.305 e. The van der Waals surface area contributed by atoms with Gasteiger partial charge in [0.1, 0.15) is 5.65 Å². The van der Waals surface area contributed by atoms with Crippen LogP contribution in [0.5, 0.6) is 0 Å². The molecule has 0 amide bonds. The predicted molar refractivity (Wildman–Crippen MR) is 66.1 cm³/mol. The fourth-order valence-corrected chi connectivity index (χ4v) is 2.03. The van der Waals surface area contributed by atoms with Crippen molar-refractivity contribution >= 4 is 17.0 Å². The van der Waals surface area contributed by atoms with E-state index < -0.39 is 5.97 Å². The number of carbonyl (C=O) groups is 1. The number of carboxylic acid groups (broad SMARTS) is 1. The van der Waals surface area contributed by atoms with Crippen molar-refractivity contribution in [2.45, 2.75) is 32.7 Å². The summed E-state index contributed by atoms with van der Waals surface area (Å²) < 4.78 is 2.01. The van der Waals surface area contributed by atoms with E-state index in [2.05, 4.69) is 24.9 Å². The zero-order valence-corrected chi connectivity index (χ0v) is 10.1. The average Bonchev–Trinajstić information content (AvgIpc) is 2.65. The molecule has 1 N–H and O–H groups in total. The number of carboxylic acids is 1. The monoisotopic (exact) mass is 232 g/mol. The molecule has 0 saturated carbocycles. The molecule has 90 valence electrons. The summed E-state index contributed by atoms with van der Waals surface area (Å²) in [5, 5.41) is 9.85. The van der Waals surface area contributed by atoms with Gasteiger partial charge in [0.25, 0.3) is 0 Å². The number of pyridine rings is 1. The van der Waals surface area contributed by atoms with Gasteiger partial charge in [-0.25, -0.2) is 4.98 Å². The fraction of sp³-hybridized carbons (Fsp3) is 0.385. The van der Waals surface area contributed by atoms with E-state index in [-0.39, 0.29) is 6.42 Å².